The molecular formula is C12H16O3S. The lowest BCUT2D eigenvalue weighted by molar-refractivity contribution is 0.283. The zero-order valence-electron chi connectivity index (χ0n) is 9.53. The molecule has 88 valence electrons. The van der Waals surface area contributed by atoms with E-state index in [2.05, 4.69) is 0 Å². The van der Waals surface area contributed by atoms with Gasteiger partial charge in [0.25, 0.3) is 0 Å². The highest BCUT2D eigenvalue weighted by Gasteiger charge is 2.54. The monoisotopic (exact) mass is 240 g/mol. The van der Waals surface area contributed by atoms with Crippen molar-refractivity contribution in [1.29, 1.82) is 0 Å². The predicted octanol–water partition coefficient (Wildman–Crippen LogP) is 1.60. The summed E-state index contributed by atoms with van der Waals surface area (Å²) in [4.78, 5) is 0.374. The minimum atomic E-state index is -3.38. The van der Waals surface area contributed by atoms with Crippen LogP contribution in [0.4, 0.5) is 0 Å². The summed E-state index contributed by atoms with van der Waals surface area (Å²) in [7, 11) is -3.38. The van der Waals surface area contributed by atoms with Crippen LogP contribution in [0.5, 0.6) is 0 Å². The van der Waals surface area contributed by atoms with Crippen LogP contribution in [0.15, 0.2) is 23.1 Å². The highest BCUT2D eigenvalue weighted by atomic mass is 32.2. The molecule has 1 aromatic rings. The molecule has 0 heterocycles. The third-order valence-corrected chi connectivity index (χ3v) is 6.00. The number of aliphatic hydroxyl groups excluding tert-OH is 1. The number of rotatable bonds is 3. The molecule has 0 unspecified atom stereocenters. The summed E-state index contributed by atoms with van der Waals surface area (Å²) in [5.74, 6) is 0. The molecule has 0 radical (unpaired) electrons. The van der Waals surface area contributed by atoms with Crippen molar-refractivity contribution >= 4 is 9.84 Å². The van der Waals surface area contributed by atoms with Gasteiger partial charge in [0.1, 0.15) is 0 Å². The summed E-state index contributed by atoms with van der Waals surface area (Å²) in [6.07, 6.45) is 1.14. The van der Waals surface area contributed by atoms with Crippen LogP contribution in [-0.2, 0) is 9.84 Å². The minimum absolute atomic E-state index is 0.275. The predicted molar refractivity (Wildman–Crippen MR) is 62.2 cm³/mol. The van der Waals surface area contributed by atoms with Crippen molar-refractivity contribution in [1.82, 2.24) is 0 Å². The fourth-order valence-electron chi connectivity index (χ4n) is 1.88. The van der Waals surface area contributed by atoms with Crippen molar-refractivity contribution in [3.05, 3.63) is 29.3 Å². The first kappa shape index (κ1) is 11.6. The molecule has 1 fully saturated rings. The molecule has 1 aliphatic carbocycles. The second-order valence-corrected chi connectivity index (χ2v) is 6.93. The Hall–Kier alpha value is -0.870. The molecule has 0 atom stereocenters. The minimum Gasteiger partial charge on any atom is -0.395 e. The first-order valence-corrected chi connectivity index (χ1v) is 6.84. The first-order chi connectivity index (χ1) is 7.43. The Kier molecular flexibility index (Phi) is 2.59. The van der Waals surface area contributed by atoms with E-state index in [-0.39, 0.29) is 6.61 Å². The SMILES string of the molecule is Cc1ccc(C)c(S(=O)(=O)C2(CO)CC2)c1. The van der Waals surface area contributed by atoms with E-state index in [1.807, 2.05) is 19.1 Å². The molecule has 1 aliphatic rings. The molecule has 0 saturated heterocycles. The maximum atomic E-state index is 12.4. The van der Waals surface area contributed by atoms with Crippen LogP contribution >= 0.6 is 0 Å². The Morgan fingerprint density at radius 3 is 2.44 bits per heavy atom. The van der Waals surface area contributed by atoms with Gasteiger partial charge >= 0.3 is 0 Å². The lowest BCUT2D eigenvalue weighted by Gasteiger charge is -2.15. The van der Waals surface area contributed by atoms with Crippen molar-refractivity contribution in [2.75, 3.05) is 6.61 Å². The fourth-order valence-corrected chi connectivity index (χ4v) is 3.99. The normalized spacial score (nSPS) is 18.4. The van der Waals surface area contributed by atoms with E-state index < -0.39 is 14.6 Å². The van der Waals surface area contributed by atoms with E-state index in [0.717, 1.165) is 11.1 Å². The summed E-state index contributed by atoms with van der Waals surface area (Å²) in [5, 5.41) is 9.23. The van der Waals surface area contributed by atoms with E-state index in [0.29, 0.717) is 17.7 Å². The maximum Gasteiger partial charge on any atom is 0.186 e. The smallest absolute Gasteiger partial charge is 0.186 e. The highest BCUT2D eigenvalue weighted by Crippen LogP contribution is 2.46. The maximum absolute atomic E-state index is 12.4. The lowest BCUT2D eigenvalue weighted by atomic mass is 10.2. The lowest BCUT2D eigenvalue weighted by Crippen LogP contribution is -2.27. The number of benzene rings is 1. The van der Waals surface area contributed by atoms with Crippen LogP contribution in [0.3, 0.4) is 0 Å². The number of aliphatic hydroxyl groups is 1. The molecule has 0 bridgehead atoms. The molecular weight excluding hydrogens is 224 g/mol. The molecule has 0 aliphatic heterocycles. The van der Waals surface area contributed by atoms with Gasteiger partial charge < -0.3 is 5.11 Å². The largest absolute Gasteiger partial charge is 0.395 e. The van der Waals surface area contributed by atoms with Gasteiger partial charge in [-0.1, -0.05) is 12.1 Å². The van der Waals surface area contributed by atoms with E-state index in [9.17, 15) is 13.5 Å². The van der Waals surface area contributed by atoms with Gasteiger partial charge in [-0.2, -0.15) is 0 Å². The van der Waals surface area contributed by atoms with Gasteiger partial charge in [-0.3, -0.25) is 0 Å². The van der Waals surface area contributed by atoms with Crippen molar-refractivity contribution in [3.63, 3.8) is 0 Å². The zero-order valence-corrected chi connectivity index (χ0v) is 10.3. The number of aryl methyl sites for hydroxylation is 2. The average molecular weight is 240 g/mol. The van der Waals surface area contributed by atoms with Gasteiger partial charge in [0.05, 0.1) is 16.2 Å². The second kappa shape index (κ2) is 3.57. The van der Waals surface area contributed by atoms with Crippen LogP contribution in [0.1, 0.15) is 24.0 Å². The van der Waals surface area contributed by atoms with E-state index in [4.69, 9.17) is 0 Å². The van der Waals surface area contributed by atoms with Crippen molar-refractivity contribution < 1.29 is 13.5 Å². The van der Waals surface area contributed by atoms with Crippen molar-refractivity contribution in [2.45, 2.75) is 36.3 Å². The van der Waals surface area contributed by atoms with Crippen LogP contribution < -0.4 is 0 Å². The summed E-state index contributed by atoms with van der Waals surface area (Å²) in [6.45, 7) is 3.39. The van der Waals surface area contributed by atoms with E-state index in [1.54, 1.807) is 13.0 Å². The Morgan fingerprint density at radius 2 is 1.94 bits per heavy atom. The molecule has 1 N–H and O–H groups in total. The summed E-state index contributed by atoms with van der Waals surface area (Å²) >= 11 is 0. The Bertz CT molecular complexity index is 513. The molecule has 1 saturated carbocycles. The third kappa shape index (κ3) is 1.57. The van der Waals surface area contributed by atoms with Gasteiger partial charge in [-0.25, -0.2) is 8.42 Å². The molecule has 4 heteroatoms. The van der Waals surface area contributed by atoms with E-state index in [1.165, 1.54) is 0 Å². The quantitative estimate of drug-likeness (QED) is 0.873. The third-order valence-electron chi connectivity index (χ3n) is 3.30. The molecule has 3 nitrogen and oxygen atoms in total. The number of sulfone groups is 1. The standard InChI is InChI=1S/C12H16O3S/c1-9-3-4-10(2)11(7-9)16(14,15)12(8-13)5-6-12/h3-4,7,13H,5-6,8H2,1-2H3. The summed E-state index contributed by atoms with van der Waals surface area (Å²) in [5.41, 5.74) is 1.68. The second-order valence-electron chi connectivity index (χ2n) is 4.61. The molecule has 1 aromatic carbocycles. The molecule has 0 aromatic heterocycles. The highest BCUT2D eigenvalue weighted by molar-refractivity contribution is 7.93. The van der Waals surface area contributed by atoms with Crippen LogP contribution in [-0.4, -0.2) is 24.9 Å². The van der Waals surface area contributed by atoms with E-state index >= 15 is 0 Å². The van der Waals surface area contributed by atoms with Gasteiger partial charge in [-0.15, -0.1) is 0 Å². The van der Waals surface area contributed by atoms with Crippen LogP contribution in [0, 0.1) is 13.8 Å². The average Bonchev–Trinajstić information content (AvgIpc) is 3.02. The molecule has 0 amide bonds. The Morgan fingerprint density at radius 1 is 1.31 bits per heavy atom. The van der Waals surface area contributed by atoms with Crippen LogP contribution in [0.2, 0.25) is 0 Å². The van der Waals surface area contributed by atoms with Crippen molar-refractivity contribution in [3.8, 4) is 0 Å². The topological polar surface area (TPSA) is 54.4 Å². The zero-order chi connectivity index (χ0) is 12.0. The Balaban J connectivity index is 2.56. The van der Waals surface area contributed by atoms with Gasteiger partial charge in [0.2, 0.25) is 0 Å². The van der Waals surface area contributed by atoms with Crippen LogP contribution in [0.25, 0.3) is 0 Å². The Labute approximate surface area is 96.0 Å². The van der Waals surface area contributed by atoms with Crippen molar-refractivity contribution in [2.24, 2.45) is 0 Å². The molecule has 0 spiro atoms. The summed E-state index contributed by atoms with van der Waals surface area (Å²) in [6, 6.07) is 5.41. The summed E-state index contributed by atoms with van der Waals surface area (Å²) < 4.78 is 23.8. The molecule has 16 heavy (non-hydrogen) atoms. The van der Waals surface area contributed by atoms with Gasteiger partial charge in [0, 0.05) is 0 Å². The molecule has 2 rings (SSSR count). The van der Waals surface area contributed by atoms with Gasteiger partial charge in [0.15, 0.2) is 9.84 Å². The number of hydrogen-bond acceptors (Lipinski definition) is 3. The number of hydrogen-bond donors (Lipinski definition) is 1. The van der Waals surface area contributed by atoms with Gasteiger partial charge in [-0.05, 0) is 43.9 Å². The fraction of sp³-hybridized carbons (Fsp3) is 0.500. The first-order valence-electron chi connectivity index (χ1n) is 5.36.